The highest BCUT2D eigenvalue weighted by molar-refractivity contribution is 9.10. The van der Waals surface area contributed by atoms with Gasteiger partial charge in [-0.05, 0) is 57.9 Å². The minimum atomic E-state index is -3.69. The maximum absolute atomic E-state index is 12.3. The number of carbonyl (C=O) groups excluding carboxylic acids is 1. The molecule has 0 saturated carbocycles. The second kappa shape index (κ2) is 10.3. The van der Waals surface area contributed by atoms with Crippen LogP contribution in [-0.2, 0) is 14.8 Å². The molecule has 1 amide bonds. The lowest BCUT2D eigenvalue weighted by Gasteiger charge is -2.21. The molecule has 0 aromatic heterocycles. The van der Waals surface area contributed by atoms with Crippen molar-refractivity contribution in [2.75, 3.05) is 38.4 Å². The van der Waals surface area contributed by atoms with Gasteiger partial charge in [0.1, 0.15) is 12.3 Å². The van der Waals surface area contributed by atoms with Crippen molar-refractivity contribution in [1.29, 1.82) is 0 Å². The summed E-state index contributed by atoms with van der Waals surface area (Å²) in [4.78, 5) is 12.3. The number of anilines is 1. The van der Waals surface area contributed by atoms with Gasteiger partial charge in [0.05, 0.1) is 44.0 Å². The Morgan fingerprint density at radius 3 is 2.33 bits per heavy atom. The van der Waals surface area contributed by atoms with Crippen molar-refractivity contribution in [1.82, 2.24) is 5.43 Å². The van der Waals surface area contributed by atoms with Crippen LogP contribution in [0.5, 0.6) is 17.2 Å². The van der Waals surface area contributed by atoms with E-state index in [1.165, 1.54) is 27.5 Å². The maximum atomic E-state index is 12.3. The molecule has 0 aliphatic heterocycles. The Labute approximate surface area is 183 Å². The number of ether oxygens (including phenoxy) is 3. The Kier molecular flexibility index (Phi) is 8.07. The van der Waals surface area contributed by atoms with E-state index in [2.05, 4.69) is 26.5 Å². The highest BCUT2D eigenvalue weighted by Crippen LogP contribution is 2.35. The summed E-state index contributed by atoms with van der Waals surface area (Å²) in [5, 5.41) is 3.89. The Bertz CT molecular complexity index is 1030. The molecule has 0 spiro atoms. The fraction of sp³-hybridized carbons (Fsp3) is 0.263. The van der Waals surface area contributed by atoms with Gasteiger partial charge in [0.15, 0.2) is 11.5 Å². The second-order valence-electron chi connectivity index (χ2n) is 6.00. The molecular weight excluding hydrogens is 478 g/mol. The molecule has 0 aliphatic rings. The van der Waals surface area contributed by atoms with E-state index in [1.54, 1.807) is 36.4 Å². The molecule has 0 aliphatic carbocycles. The highest BCUT2D eigenvalue weighted by Gasteiger charge is 2.20. The van der Waals surface area contributed by atoms with Crippen molar-refractivity contribution in [3.8, 4) is 17.2 Å². The van der Waals surface area contributed by atoms with E-state index in [1.807, 2.05) is 0 Å². The summed E-state index contributed by atoms with van der Waals surface area (Å²) in [5.74, 6) is 0.985. The first-order valence-electron chi connectivity index (χ1n) is 8.54. The SMILES string of the molecule is COc1ccc(N(CC(=O)N/N=C/c2cc(Br)c(OC)c(OC)c2)S(C)(=O)=O)cc1. The average Bonchev–Trinajstić information content (AvgIpc) is 2.71. The number of amides is 1. The largest absolute Gasteiger partial charge is 0.497 e. The monoisotopic (exact) mass is 499 g/mol. The number of carbonyl (C=O) groups is 1. The number of sulfonamides is 1. The van der Waals surface area contributed by atoms with Crippen molar-refractivity contribution in [3.63, 3.8) is 0 Å². The first-order valence-corrected chi connectivity index (χ1v) is 11.2. The van der Waals surface area contributed by atoms with E-state index < -0.39 is 22.5 Å². The van der Waals surface area contributed by atoms with Crippen molar-refractivity contribution in [2.45, 2.75) is 0 Å². The molecule has 9 nitrogen and oxygen atoms in total. The predicted octanol–water partition coefficient (Wildman–Crippen LogP) is 2.39. The molecule has 11 heteroatoms. The van der Waals surface area contributed by atoms with Gasteiger partial charge in [-0.25, -0.2) is 13.8 Å². The number of nitrogens with zero attached hydrogens (tertiary/aromatic N) is 2. The van der Waals surface area contributed by atoms with E-state index in [0.717, 1.165) is 10.6 Å². The molecule has 30 heavy (non-hydrogen) atoms. The highest BCUT2D eigenvalue weighted by atomic mass is 79.9. The normalized spacial score (nSPS) is 11.2. The van der Waals surface area contributed by atoms with Gasteiger partial charge in [-0.2, -0.15) is 5.10 Å². The molecule has 2 aromatic rings. The fourth-order valence-electron chi connectivity index (χ4n) is 2.51. The third kappa shape index (κ3) is 6.10. The number of hydrogen-bond acceptors (Lipinski definition) is 7. The number of nitrogens with one attached hydrogen (secondary N) is 1. The number of benzene rings is 2. The summed E-state index contributed by atoms with van der Waals surface area (Å²) >= 11 is 3.37. The Morgan fingerprint density at radius 1 is 1.13 bits per heavy atom. The molecule has 0 atom stereocenters. The van der Waals surface area contributed by atoms with Crippen molar-refractivity contribution < 1.29 is 27.4 Å². The van der Waals surface area contributed by atoms with Crippen LogP contribution in [0.15, 0.2) is 46.0 Å². The average molecular weight is 500 g/mol. The zero-order valence-corrected chi connectivity index (χ0v) is 19.3. The van der Waals surface area contributed by atoms with E-state index in [-0.39, 0.29) is 0 Å². The van der Waals surface area contributed by atoms with Crippen molar-refractivity contribution in [2.24, 2.45) is 5.10 Å². The third-order valence-electron chi connectivity index (χ3n) is 3.91. The van der Waals surface area contributed by atoms with E-state index in [4.69, 9.17) is 14.2 Å². The Balaban J connectivity index is 2.11. The fourth-order valence-corrected chi connectivity index (χ4v) is 3.98. The number of rotatable bonds is 9. The van der Waals surface area contributed by atoms with Crippen LogP contribution in [0, 0.1) is 0 Å². The lowest BCUT2D eigenvalue weighted by atomic mass is 10.2. The van der Waals surface area contributed by atoms with E-state index >= 15 is 0 Å². The molecule has 2 aromatic carbocycles. The molecule has 1 N–H and O–H groups in total. The summed E-state index contributed by atoms with van der Waals surface area (Å²) in [6.07, 6.45) is 2.43. The zero-order chi connectivity index (χ0) is 22.3. The molecule has 0 unspecified atom stereocenters. The molecular formula is C19H22BrN3O6S. The van der Waals surface area contributed by atoms with Gasteiger partial charge < -0.3 is 14.2 Å². The van der Waals surface area contributed by atoms with Crippen LogP contribution in [0.4, 0.5) is 5.69 Å². The summed E-state index contributed by atoms with van der Waals surface area (Å²) < 4.78 is 41.4. The van der Waals surface area contributed by atoms with Crippen molar-refractivity contribution >= 4 is 43.8 Å². The minimum Gasteiger partial charge on any atom is -0.497 e. The van der Waals surface area contributed by atoms with Crippen LogP contribution in [-0.4, -0.2) is 54.7 Å². The quantitative estimate of drug-likeness (QED) is 0.419. The zero-order valence-electron chi connectivity index (χ0n) is 16.9. The van der Waals surface area contributed by atoms with Crippen LogP contribution in [0.25, 0.3) is 0 Å². The number of hydrazone groups is 1. The van der Waals surface area contributed by atoms with Gasteiger partial charge in [0.2, 0.25) is 10.0 Å². The van der Waals surface area contributed by atoms with Crippen LogP contribution in [0.1, 0.15) is 5.56 Å². The van der Waals surface area contributed by atoms with E-state index in [0.29, 0.717) is 33.0 Å². The lowest BCUT2D eigenvalue weighted by Crippen LogP contribution is -2.39. The number of methoxy groups -OCH3 is 3. The molecule has 0 saturated heterocycles. The maximum Gasteiger partial charge on any atom is 0.260 e. The number of hydrogen-bond donors (Lipinski definition) is 1. The minimum absolute atomic E-state index is 0.334. The second-order valence-corrected chi connectivity index (χ2v) is 8.76. The van der Waals surface area contributed by atoms with Gasteiger partial charge in [0.25, 0.3) is 5.91 Å². The summed E-state index contributed by atoms with van der Waals surface area (Å²) in [7, 11) is 0.843. The molecule has 0 fully saturated rings. The smallest absolute Gasteiger partial charge is 0.260 e. The van der Waals surface area contributed by atoms with Crippen LogP contribution in [0.2, 0.25) is 0 Å². The molecule has 0 radical (unpaired) electrons. The molecule has 162 valence electrons. The van der Waals surface area contributed by atoms with Gasteiger partial charge in [-0.15, -0.1) is 0 Å². The van der Waals surface area contributed by atoms with Gasteiger partial charge in [-0.3, -0.25) is 9.10 Å². The van der Waals surface area contributed by atoms with Gasteiger partial charge in [-0.1, -0.05) is 0 Å². The molecule has 0 heterocycles. The predicted molar refractivity (Wildman–Crippen MR) is 118 cm³/mol. The first kappa shape index (κ1) is 23.5. The van der Waals surface area contributed by atoms with Gasteiger partial charge in [0, 0.05) is 0 Å². The van der Waals surface area contributed by atoms with E-state index in [9.17, 15) is 13.2 Å². The topological polar surface area (TPSA) is 107 Å². The van der Waals surface area contributed by atoms with Crippen LogP contribution in [0.3, 0.4) is 0 Å². The van der Waals surface area contributed by atoms with Gasteiger partial charge >= 0.3 is 0 Å². The summed E-state index contributed by atoms with van der Waals surface area (Å²) in [6, 6.07) is 9.74. The summed E-state index contributed by atoms with van der Waals surface area (Å²) in [5.41, 5.74) is 3.29. The Hall–Kier alpha value is -2.79. The third-order valence-corrected chi connectivity index (χ3v) is 5.64. The lowest BCUT2D eigenvalue weighted by molar-refractivity contribution is -0.119. The molecule has 2 rings (SSSR count). The molecule has 0 bridgehead atoms. The Morgan fingerprint density at radius 2 is 1.80 bits per heavy atom. The van der Waals surface area contributed by atoms with Crippen LogP contribution < -0.4 is 23.9 Å². The number of halogens is 1. The van der Waals surface area contributed by atoms with Crippen LogP contribution >= 0.6 is 15.9 Å². The van der Waals surface area contributed by atoms with Crippen molar-refractivity contribution in [3.05, 3.63) is 46.4 Å². The standard InChI is InChI=1S/C19H22BrN3O6S/c1-27-15-7-5-14(6-8-15)23(30(4,25)26)12-18(24)22-21-11-13-9-16(20)19(29-3)17(10-13)28-2/h5-11H,12H2,1-4H3,(H,22,24)/b21-11+. The first-order chi connectivity index (χ1) is 14.2. The summed E-state index contributed by atoms with van der Waals surface area (Å²) in [6.45, 7) is -0.432.